The van der Waals surface area contributed by atoms with E-state index in [2.05, 4.69) is 61.3 Å². The smallest absolute Gasteiger partial charge is 0.407 e. The predicted molar refractivity (Wildman–Crippen MR) is 87.7 cm³/mol. The van der Waals surface area contributed by atoms with Crippen LogP contribution in [0, 0.1) is 0 Å². The first-order chi connectivity index (χ1) is 10.1. The summed E-state index contributed by atoms with van der Waals surface area (Å²) in [4.78, 5) is 13.6. The first-order valence-corrected chi connectivity index (χ1v) is 8.02. The molecule has 1 aromatic carbocycles. The van der Waals surface area contributed by atoms with Gasteiger partial charge in [0, 0.05) is 29.8 Å². The fourth-order valence-electron chi connectivity index (χ4n) is 2.56. The molecule has 116 valence electrons. The predicted octanol–water partition coefficient (Wildman–Crippen LogP) is 2.49. The number of benzene rings is 1. The molecule has 2 N–H and O–H groups in total. The van der Waals surface area contributed by atoms with Crippen molar-refractivity contribution in [1.82, 2.24) is 10.6 Å². The second kappa shape index (κ2) is 7.66. The van der Waals surface area contributed by atoms with Crippen molar-refractivity contribution in [2.24, 2.45) is 0 Å². The number of alkyl carbamates (subject to hydrolysis) is 1. The Bertz CT molecular complexity index is 496. The molecule has 1 aliphatic heterocycles. The molecule has 2 rings (SSSR count). The van der Waals surface area contributed by atoms with E-state index in [1.165, 1.54) is 18.4 Å². The molecule has 1 amide bonds. The molecule has 1 aromatic rings. The summed E-state index contributed by atoms with van der Waals surface area (Å²) in [6, 6.07) is 6.50. The summed E-state index contributed by atoms with van der Waals surface area (Å²) in [6.45, 7) is 5.65. The second-order valence-corrected chi connectivity index (χ2v) is 6.04. The van der Waals surface area contributed by atoms with Crippen molar-refractivity contribution in [2.45, 2.75) is 25.9 Å². The van der Waals surface area contributed by atoms with Gasteiger partial charge in [-0.2, -0.15) is 0 Å². The Balaban J connectivity index is 2.07. The summed E-state index contributed by atoms with van der Waals surface area (Å²) in [5.74, 6) is 0. The number of hydrogen-bond acceptors (Lipinski definition) is 4. The number of carbonyl (C=O) groups is 1. The van der Waals surface area contributed by atoms with Crippen LogP contribution in [0.5, 0.6) is 0 Å². The van der Waals surface area contributed by atoms with Gasteiger partial charge in [0.15, 0.2) is 0 Å². The van der Waals surface area contributed by atoms with Gasteiger partial charge in [-0.05, 0) is 30.7 Å². The van der Waals surface area contributed by atoms with Crippen LogP contribution in [-0.2, 0) is 11.3 Å². The Kier molecular flexibility index (Phi) is 5.87. The number of amides is 1. The van der Waals surface area contributed by atoms with E-state index in [0.29, 0.717) is 0 Å². The minimum Gasteiger partial charge on any atom is -0.453 e. The van der Waals surface area contributed by atoms with Crippen LogP contribution in [0.2, 0.25) is 0 Å². The molecule has 0 aromatic heterocycles. The van der Waals surface area contributed by atoms with E-state index in [1.807, 2.05) is 0 Å². The topological polar surface area (TPSA) is 53.6 Å². The zero-order valence-electron chi connectivity index (χ0n) is 12.5. The van der Waals surface area contributed by atoms with Crippen LogP contribution in [0.1, 0.15) is 18.9 Å². The van der Waals surface area contributed by atoms with Gasteiger partial charge in [0.25, 0.3) is 0 Å². The lowest BCUT2D eigenvalue weighted by molar-refractivity contribution is 0.167. The number of hydrogen-bond donors (Lipinski definition) is 2. The number of nitrogens with zero attached hydrogens (tertiary/aromatic N) is 1. The zero-order chi connectivity index (χ0) is 15.2. The van der Waals surface area contributed by atoms with Crippen molar-refractivity contribution >= 4 is 27.7 Å². The molecule has 1 unspecified atom stereocenters. The molecule has 1 saturated heterocycles. The van der Waals surface area contributed by atoms with Gasteiger partial charge in [-0.15, -0.1) is 0 Å². The number of methoxy groups -OCH3 is 1. The summed E-state index contributed by atoms with van der Waals surface area (Å²) in [5, 5.41) is 6.24. The van der Waals surface area contributed by atoms with Gasteiger partial charge in [0.2, 0.25) is 0 Å². The molecule has 0 radical (unpaired) electrons. The number of rotatable bonds is 5. The molecular weight excluding hydrogens is 334 g/mol. The van der Waals surface area contributed by atoms with Crippen LogP contribution in [0.25, 0.3) is 0 Å². The molecule has 0 aliphatic carbocycles. The lowest BCUT2D eigenvalue weighted by Gasteiger charge is -2.23. The average molecular weight is 356 g/mol. The maximum absolute atomic E-state index is 11.3. The van der Waals surface area contributed by atoms with Crippen molar-refractivity contribution in [3.05, 3.63) is 28.2 Å². The third-order valence-electron chi connectivity index (χ3n) is 3.65. The zero-order valence-corrected chi connectivity index (χ0v) is 14.1. The summed E-state index contributed by atoms with van der Waals surface area (Å²) >= 11 is 3.54. The Morgan fingerprint density at radius 2 is 2.33 bits per heavy atom. The Labute approximate surface area is 134 Å². The molecular formula is C15H22BrN3O2. The molecule has 5 nitrogen and oxygen atoms in total. The summed E-state index contributed by atoms with van der Waals surface area (Å²) in [5.41, 5.74) is 2.50. The standard InChI is InChI=1S/C15H22BrN3O2/c1-3-17-9-11-4-5-12(16)8-14(11)19-7-6-13(10-19)18-15(20)21-2/h4-5,8,13,17H,3,6-7,9-10H2,1-2H3,(H,18,20). The first-order valence-electron chi connectivity index (χ1n) is 7.22. The average Bonchev–Trinajstić information content (AvgIpc) is 2.94. The van der Waals surface area contributed by atoms with Crippen LogP contribution in [0.3, 0.4) is 0 Å². The number of halogens is 1. The lowest BCUT2D eigenvalue weighted by atomic mass is 10.1. The largest absolute Gasteiger partial charge is 0.453 e. The molecule has 0 saturated carbocycles. The van der Waals surface area contributed by atoms with Crippen molar-refractivity contribution in [2.75, 3.05) is 31.6 Å². The Morgan fingerprint density at radius 3 is 3.05 bits per heavy atom. The van der Waals surface area contributed by atoms with E-state index in [0.717, 1.165) is 37.1 Å². The number of carbonyl (C=O) groups excluding carboxylic acids is 1. The maximum Gasteiger partial charge on any atom is 0.407 e. The second-order valence-electron chi connectivity index (χ2n) is 5.12. The van der Waals surface area contributed by atoms with Crippen LogP contribution in [-0.4, -0.2) is 38.9 Å². The van der Waals surface area contributed by atoms with Crippen LogP contribution < -0.4 is 15.5 Å². The van der Waals surface area contributed by atoms with E-state index < -0.39 is 0 Å². The molecule has 1 heterocycles. The highest BCUT2D eigenvalue weighted by Gasteiger charge is 2.25. The van der Waals surface area contributed by atoms with Crippen molar-refractivity contribution in [3.63, 3.8) is 0 Å². The van der Waals surface area contributed by atoms with Crippen molar-refractivity contribution < 1.29 is 9.53 Å². The third kappa shape index (κ3) is 4.35. The summed E-state index contributed by atoms with van der Waals surface area (Å²) < 4.78 is 5.73. The minimum absolute atomic E-state index is 0.142. The van der Waals surface area contributed by atoms with Crippen LogP contribution >= 0.6 is 15.9 Å². The highest BCUT2D eigenvalue weighted by molar-refractivity contribution is 9.10. The molecule has 21 heavy (non-hydrogen) atoms. The quantitative estimate of drug-likeness (QED) is 0.851. The number of nitrogens with one attached hydrogen (secondary N) is 2. The van der Waals surface area contributed by atoms with E-state index in [9.17, 15) is 4.79 Å². The van der Waals surface area contributed by atoms with E-state index in [4.69, 9.17) is 0 Å². The van der Waals surface area contributed by atoms with E-state index >= 15 is 0 Å². The van der Waals surface area contributed by atoms with Gasteiger partial charge < -0.3 is 20.3 Å². The molecule has 1 fully saturated rings. The van der Waals surface area contributed by atoms with E-state index in [-0.39, 0.29) is 12.1 Å². The lowest BCUT2D eigenvalue weighted by Crippen LogP contribution is -2.37. The monoisotopic (exact) mass is 355 g/mol. The minimum atomic E-state index is -0.357. The fraction of sp³-hybridized carbons (Fsp3) is 0.533. The molecule has 0 spiro atoms. The normalized spacial score (nSPS) is 17.9. The molecule has 6 heteroatoms. The highest BCUT2D eigenvalue weighted by atomic mass is 79.9. The van der Waals surface area contributed by atoms with Gasteiger partial charge >= 0.3 is 6.09 Å². The van der Waals surface area contributed by atoms with Gasteiger partial charge in [0.1, 0.15) is 0 Å². The molecule has 1 atom stereocenters. The van der Waals surface area contributed by atoms with Crippen LogP contribution in [0.4, 0.5) is 10.5 Å². The van der Waals surface area contributed by atoms with E-state index in [1.54, 1.807) is 0 Å². The number of anilines is 1. The van der Waals surface area contributed by atoms with Crippen molar-refractivity contribution in [3.8, 4) is 0 Å². The Hall–Kier alpha value is -1.27. The molecule has 0 bridgehead atoms. The summed E-state index contributed by atoms with van der Waals surface area (Å²) in [6.07, 6.45) is 0.575. The van der Waals surface area contributed by atoms with Gasteiger partial charge in [-0.1, -0.05) is 28.9 Å². The Morgan fingerprint density at radius 1 is 1.52 bits per heavy atom. The fourth-order valence-corrected chi connectivity index (χ4v) is 2.91. The van der Waals surface area contributed by atoms with Gasteiger partial charge in [0.05, 0.1) is 13.2 Å². The van der Waals surface area contributed by atoms with Crippen LogP contribution in [0.15, 0.2) is 22.7 Å². The SMILES string of the molecule is CCNCc1ccc(Br)cc1N1CCC(NC(=O)OC)C1. The van der Waals surface area contributed by atoms with Gasteiger partial charge in [-0.3, -0.25) is 0 Å². The third-order valence-corrected chi connectivity index (χ3v) is 4.14. The highest BCUT2D eigenvalue weighted by Crippen LogP contribution is 2.28. The number of ether oxygens (including phenoxy) is 1. The molecule has 1 aliphatic rings. The first kappa shape index (κ1) is 16.1. The summed E-state index contributed by atoms with van der Waals surface area (Å²) in [7, 11) is 1.39. The maximum atomic E-state index is 11.3. The van der Waals surface area contributed by atoms with Gasteiger partial charge in [-0.25, -0.2) is 4.79 Å². The van der Waals surface area contributed by atoms with Crippen molar-refractivity contribution in [1.29, 1.82) is 0 Å².